The number of rotatable bonds is 36. The fraction of sp³-hybridized carbons (Fsp3) is 0.929. The standard InChI is InChI=1S/C42H81N3O2/c1-4-6-8-10-12-14-16-18-20-22-24-26-28-30-32-34-40(46)42-44-37-39-45(42,3)38-36-43-41(47)35-33-31-29-27-25-23-21-19-17-15-13-11-9-7-5-2/h4-39H2,1-3H3/p+1. The van der Waals surface area contributed by atoms with E-state index in [4.69, 9.17) is 0 Å². The van der Waals surface area contributed by atoms with Gasteiger partial charge >= 0.3 is 0 Å². The van der Waals surface area contributed by atoms with Crippen LogP contribution in [-0.2, 0) is 9.59 Å². The summed E-state index contributed by atoms with van der Waals surface area (Å²) in [5.74, 6) is 1.13. The second-order valence-electron chi connectivity index (χ2n) is 15.2. The van der Waals surface area contributed by atoms with Crippen LogP contribution in [0.3, 0.4) is 0 Å². The summed E-state index contributed by atoms with van der Waals surface area (Å²) in [5, 5.41) is 3.12. The van der Waals surface area contributed by atoms with Crippen LogP contribution in [0.4, 0.5) is 0 Å². The largest absolute Gasteiger partial charge is 0.350 e. The maximum Gasteiger partial charge on any atom is 0.267 e. The first-order valence-electron chi connectivity index (χ1n) is 21.2. The Morgan fingerprint density at radius 3 is 1.26 bits per heavy atom. The molecule has 1 rings (SSSR count). The van der Waals surface area contributed by atoms with Gasteiger partial charge in [-0.05, 0) is 12.8 Å². The Morgan fingerprint density at radius 1 is 0.532 bits per heavy atom. The van der Waals surface area contributed by atoms with Gasteiger partial charge in [-0.25, -0.2) is 4.99 Å². The molecule has 0 bridgehead atoms. The van der Waals surface area contributed by atoms with E-state index in [0.717, 1.165) is 51.2 Å². The molecule has 1 unspecified atom stereocenters. The summed E-state index contributed by atoms with van der Waals surface area (Å²) in [7, 11) is 2.12. The number of carbonyl (C=O) groups excluding carboxylic acids is 2. The lowest BCUT2D eigenvalue weighted by Gasteiger charge is -2.29. The van der Waals surface area contributed by atoms with Gasteiger partial charge in [0.15, 0.2) is 0 Å². The van der Waals surface area contributed by atoms with Crippen molar-refractivity contribution in [2.45, 2.75) is 219 Å². The third-order valence-electron chi connectivity index (χ3n) is 10.6. The summed E-state index contributed by atoms with van der Waals surface area (Å²) in [6.07, 6.45) is 41.4. The van der Waals surface area contributed by atoms with E-state index >= 15 is 0 Å². The van der Waals surface area contributed by atoms with Crippen LogP contribution >= 0.6 is 0 Å². The Hall–Kier alpha value is -1.23. The SMILES string of the molecule is CCCCCCCCCCCCCCCCCC(=O)NCC[N+]1(C)CCN=C1C(=O)CCCCCCCCCCCCCCCCC. The topological polar surface area (TPSA) is 58.5 Å². The summed E-state index contributed by atoms with van der Waals surface area (Å²) in [4.78, 5) is 30.1. The maximum absolute atomic E-state index is 13.0. The molecule has 0 aromatic carbocycles. The minimum atomic E-state index is 0.160. The van der Waals surface area contributed by atoms with Crippen molar-refractivity contribution in [1.82, 2.24) is 5.32 Å². The zero-order valence-electron chi connectivity index (χ0n) is 32.2. The molecule has 47 heavy (non-hydrogen) atoms. The molecular weight excluding hydrogens is 578 g/mol. The van der Waals surface area contributed by atoms with Crippen LogP contribution in [0.2, 0.25) is 0 Å². The summed E-state index contributed by atoms with van der Waals surface area (Å²) in [6.45, 7) is 7.55. The van der Waals surface area contributed by atoms with Gasteiger partial charge < -0.3 is 5.32 Å². The van der Waals surface area contributed by atoms with Gasteiger partial charge in [-0.3, -0.25) is 14.1 Å². The third kappa shape index (κ3) is 25.4. The van der Waals surface area contributed by atoms with Gasteiger partial charge in [0.25, 0.3) is 5.84 Å². The minimum absolute atomic E-state index is 0.160. The zero-order valence-corrected chi connectivity index (χ0v) is 32.2. The monoisotopic (exact) mass is 661 g/mol. The molecule has 276 valence electrons. The van der Waals surface area contributed by atoms with Gasteiger partial charge in [-0.2, -0.15) is 0 Å². The lowest BCUT2D eigenvalue weighted by atomic mass is 10.0. The van der Waals surface area contributed by atoms with Gasteiger partial charge in [-0.15, -0.1) is 0 Å². The Labute approximate surface area is 293 Å². The molecule has 0 saturated heterocycles. The Morgan fingerprint density at radius 2 is 0.872 bits per heavy atom. The van der Waals surface area contributed by atoms with Gasteiger partial charge in [-0.1, -0.05) is 194 Å². The van der Waals surface area contributed by atoms with Crippen LogP contribution in [0.5, 0.6) is 0 Å². The van der Waals surface area contributed by atoms with Crippen LogP contribution in [-0.4, -0.2) is 55.2 Å². The molecule has 0 spiro atoms. The van der Waals surface area contributed by atoms with Crippen molar-refractivity contribution in [2.24, 2.45) is 4.99 Å². The Balaban J connectivity index is 1.96. The van der Waals surface area contributed by atoms with Gasteiger partial charge in [0.2, 0.25) is 11.7 Å². The predicted octanol–water partition coefficient (Wildman–Crippen LogP) is 12.1. The normalized spacial score (nSPS) is 16.1. The molecule has 0 radical (unpaired) electrons. The van der Waals surface area contributed by atoms with Gasteiger partial charge in [0, 0.05) is 12.8 Å². The molecule has 1 atom stereocenters. The molecule has 5 heteroatoms. The zero-order chi connectivity index (χ0) is 34.1. The molecule has 0 aromatic rings. The number of likely N-dealkylation sites (N-methyl/N-ethyl adjacent to an activating group) is 1. The number of amidine groups is 1. The summed E-state index contributed by atoms with van der Waals surface area (Å²) in [5.41, 5.74) is 0. The second-order valence-corrected chi connectivity index (χ2v) is 15.2. The van der Waals surface area contributed by atoms with Crippen LogP contribution in [0.1, 0.15) is 219 Å². The van der Waals surface area contributed by atoms with Crippen LogP contribution in [0, 0.1) is 0 Å². The number of carbonyl (C=O) groups is 2. The fourth-order valence-corrected chi connectivity index (χ4v) is 7.22. The highest BCUT2D eigenvalue weighted by Gasteiger charge is 2.37. The number of amides is 1. The fourth-order valence-electron chi connectivity index (χ4n) is 7.22. The number of ketones is 1. The molecule has 1 amide bonds. The van der Waals surface area contributed by atoms with Gasteiger partial charge in [0.1, 0.15) is 13.1 Å². The van der Waals surface area contributed by atoms with Gasteiger partial charge in [0.05, 0.1) is 20.1 Å². The summed E-state index contributed by atoms with van der Waals surface area (Å²) >= 11 is 0. The molecule has 0 aliphatic carbocycles. The summed E-state index contributed by atoms with van der Waals surface area (Å²) < 4.78 is 0.580. The van der Waals surface area contributed by atoms with Crippen molar-refractivity contribution in [3.8, 4) is 0 Å². The van der Waals surface area contributed by atoms with E-state index in [1.165, 1.54) is 167 Å². The number of Topliss-reactive ketones (excluding diaryl/α,β-unsaturated/α-hetero) is 1. The van der Waals surface area contributed by atoms with Crippen molar-refractivity contribution >= 4 is 17.5 Å². The minimum Gasteiger partial charge on any atom is -0.350 e. The molecule has 1 aliphatic rings. The maximum atomic E-state index is 13.0. The third-order valence-corrected chi connectivity index (χ3v) is 10.6. The second kappa shape index (κ2) is 32.0. The number of nitrogens with zero attached hydrogens (tertiary/aromatic N) is 2. The molecular formula is C42H82N3O2+. The van der Waals surface area contributed by atoms with Crippen molar-refractivity contribution in [1.29, 1.82) is 0 Å². The van der Waals surface area contributed by atoms with E-state index in [-0.39, 0.29) is 11.7 Å². The molecule has 1 heterocycles. The lowest BCUT2D eigenvalue weighted by molar-refractivity contribution is -0.810. The number of unbranched alkanes of at least 4 members (excludes halogenated alkanes) is 28. The van der Waals surface area contributed by atoms with Crippen molar-refractivity contribution in [3.63, 3.8) is 0 Å². The predicted molar refractivity (Wildman–Crippen MR) is 205 cm³/mol. The van der Waals surface area contributed by atoms with E-state index in [2.05, 4.69) is 31.2 Å². The highest BCUT2D eigenvalue weighted by atomic mass is 16.1. The van der Waals surface area contributed by atoms with E-state index in [0.29, 0.717) is 23.9 Å². The van der Waals surface area contributed by atoms with Crippen molar-refractivity contribution in [2.75, 3.05) is 33.2 Å². The van der Waals surface area contributed by atoms with E-state index in [9.17, 15) is 9.59 Å². The van der Waals surface area contributed by atoms with Crippen molar-refractivity contribution in [3.05, 3.63) is 0 Å². The first kappa shape index (κ1) is 43.8. The summed E-state index contributed by atoms with van der Waals surface area (Å²) in [6, 6.07) is 0. The van der Waals surface area contributed by atoms with E-state index in [1.54, 1.807) is 0 Å². The average molecular weight is 661 g/mol. The number of hydrogen-bond acceptors (Lipinski definition) is 3. The van der Waals surface area contributed by atoms with E-state index in [1.807, 2.05) is 0 Å². The molecule has 0 saturated carbocycles. The number of quaternary nitrogens is 1. The molecule has 1 aliphatic heterocycles. The van der Waals surface area contributed by atoms with Crippen LogP contribution in [0.25, 0.3) is 0 Å². The number of aliphatic imine (C=N–C) groups is 1. The molecule has 5 nitrogen and oxygen atoms in total. The highest BCUT2D eigenvalue weighted by Crippen LogP contribution is 2.18. The Bertz CT molecular complexity index is 767. The number of nitrogens with one attached hydrogen (secondary N) is 1. The first-order valence-corrected chi connectivity index (χ1v) is 21.2. The van der Waals surface area contributed by atoms with Crippen LogP contribution in [0.15, 0.2) is 4.99 Å². The first-order chi connectivity index (χ1) is 23.0. The van der Waals surface area contributed by atoms with Crippen LogP contribution < -0.4 is 5.32 Å². The highest BCUT2D eigenvalue weighted by molar-refractivity contribution is 6.36. The average Bonchev–Trinajstić information content (AvgIpc) is 3.45. The van der Waals surface area contributed by atoms with E-state index < -0.39 is 0 Å². The Kier molecular flexibility index (Phi) is 29.8. The lowest BCUT2D eigenvalue weighted by Crippen LogP contribution is -2.53. The number of hydrogen-bond donors (Lipinski definition) is 1. The molecule has 0 aromatic heterocycles. The smallest absolute Gasteiger partial charge is 0.267 e. The molecule has 0 fully saturated rings. The quantitative estimate of drug-likeness (QED) is 0.0537. The van der Waals surface area contributed by atoms with Crippen molar-refractivity contribution < 1.29 is 14.1 Å². The molecule has 1 N–H and O–H groups in total.